The fourth-order valence-corrected chi connectivity index (χ4v) is 1.60. The van der Waals surface area contributed by atoms with E-state index >= 15 is 0 Å². The summed E-state index contributed by atoms with van der Waals surface area (Å²) in [4.78, 5) is 23.6. The van der Waals surface area contributed by atoms with Crippen LogP contribution < -0.4 is 5.32 Å². The number of amides is 2. The number of nitrogens with zero attached hydrogens (tertiary/aromatic N) is 1. The first-order chi connectivity index (χ1) is 9.61. The number of halogens is 3. The van der Waals surface area contributed by atoms with Gasteiger partial charge in [0.25, 0.3) is 0 Å². The molecule has 0 aliphatic heterocycles. The van der Waals surface area contributed by atoms with Gasteiger partial charge in [0.1, 0.15) is 6.54 Å². The maximum Gasteiger partial charge on any atom is 0.416 e. The molecule has 1 aromatic rings. The fourth-order valence-electron chi connectivity index (χ4n) is 1.60. The van der Waals surface area contributed by atoms with E-state index in [0.717, 1.165) is 23.1 Å². The van der Waals surface area contributed by atoms with Gasteiger partial charge in [-0.05, 0) is 32.0 Å². The normalized spacial score (nSPS) is 11.3. The first-order valence-corrected chi connectivity index (χ1v) is 6.08. The Bertz CT molecular complexity index is 530. The average Bonchev–Trinajstić information content (AvgIpc) is 2.34. The molecule has 0 atom stereocenters. The molecule has 0 fully saturated rings. The number of rotatable bonds is 4. The number of hydrogen-bond donors (Lipinski definition) is 2. The number of benzene rings is 1. The lowest BCUT2D eigenvalue weighted by atomic mass is 10.2. The van der Waals surface area contributed by atoms with E-state index in [-0.39, 0.29) is 5.69 Å². The number of alkyl halides is 3. The molecule has 0 heterocycles. The largest absolute Gasteiger partial charge is 0.480 e. The third-order valence-electron chi connectivity index (χ3n) is 2.63. The zero-order chi connectivity index (χ0) is 16.2. The van der Waals surface area contributed by atoms with Crippen LogP contribution in [0, 0.1) is 0 Å². The Balaban J connectivity index is 2.89. The molecular weight excluding hydrogens is 289 g/mol. The van der Waals surface area contributed by atoms with Crippen molar-refractivity contribution in [3.8, 4) is 0 Å². The molecule has 0 saturated carbocycles. The van der Waals surface area contributed by atoms with Crippen molar-refractivity contribution in [2.24, 2.45) is 0 Å². The maximum atomic E-state index is 12.6. The van der Waals surface area contributed by atoms with E-state index in [1.54, 1.807) is 13.8 Å². The summed E-state index contributed by atoms with van der Waals surface area (Å²) in [6.45, 7) is 2.67. The molecule has 5 nitrogen and oxygen atoms in total. The SMILES string of the molecule is CC(C)N(CC(=O)O)C(=O)Nc1cccc(C(F)(F)F)c1. The molecule has 8 heteroatoms. The standard InChI is InChI=1S/C13H15F3N2O3/c1-8(2)18(7-11(19)20)12(21)17-10-5-3-4-9(6-10)13(14,15)16/h3-6,8H,7H2,1-2H3,(H,17,21)(H,19,20). The van der Waals surface area contributed by atoms with Crippen LogP contribution in [0.4, 0.5) is 23.7 Å². The predicted molar refractivity (Wildman–Crippen MR) is 69.9 cm³/mol. The van der Waals surface area contributed by atoms with Crippen molar-refractivity contribution in [1.29, 1.82) is 0 Å². The highest BCUT2D eigenvalue weighted by Crippen LogP contribution is 2.30. The number of hydrogen-bond acceptors (Lipinski definition) is 2. The van der Waals surface area contributed by atoms with Crippen LogP contribution in [0.15, 0.2) is 24.3 Å². The van der Waals surface area contributed by atoms with Gasteiger partial charge in [-0.2, -0.15) is 13.2 Å². The highest BCUT2D eigenvalue weighted by Gasteiger charge is 2.30. The fraction of sp³-hybridized carbons (Fsp3) is 0.385. The summed E-state index contributed by atoms with van der Waals surface area (Å²) in [5.74, 6) is -1.21. The van der Waals surface area contributed by atoms with E-state index in [0.29, 0.717) is 0 Å². The first-order valence-electron chi connectivity index (χ1n) is 6.08. The predicted octanol–water partition coefficient (Wildman–Crippen LogP) is 3.03. The van der Waals surface area contributed by atoms with E-state index in [1.165, 1.54) is 6.07 Å². The summed E-state index contributed by atoms with van der Waals surface area (Å²) in [5, 5.41) is 11.0. The van der Waals surface area contributed by atoms with Gasteiger partial charge in [0, 0.05) is 11.7 Å². The van der Waals surface area contributed by atoms with E-state index in [9.17, 15) is 22.8 Å². The molecule has 2 amide bonds. The monoisotopic (exact) mass is 304 g/mol. The molecule has 0 unspecified atom stereocenters. The first kappa shape index (κ1) is 16.8. The summed E-state index contributed by atoms with van der Waals surface area (Å²) in [5.41, 5.74) is -0.944. The molecule has 1 rings (SSSR count). The summed E-state index contributed by atoms with van der Waals surface area (Å²) in [6.07, 6.45) is -4.51. The lowest BCUT2D eigenvalue weighted by Crippen LogP contribution is -2.43. The van der Waals surface area contributed by atoms with E-state index in [1.807, 2.05) is 0 Å². The van der Waals surface area contributed by atoms with E-state index in [2.05, 4.69) is 5.32 Å². The molecule has 0 aromatic heterocycles. The number of nitrogens with one attached hydrogen (secondary N) is 1. The molecule has 0 spiro atoms. The number of carbonyl (C=O) groups is 2. The lowest BCUT2D eigenvalue weighted by Gasteiger charge is -2.25. The minimum Gasteiger partial charge on any atom is -0.480 e. The molecule has 0 bridgehead atoms. The topological polar surface area (TPSA) is 69.6 Å². The second kappa shape index (κ2) is 6.47. The summed E-state index contributed by atoms with van der Waals surface area (Å²) in [7, 11) is 0. The Labute approximate surface area is 119 Å². The van der Waals surface area contributed by atoms with Crippen LogP contribution in [0.25, 0.3) is 0 Å². The van der Waals surface area contributed by atoms with Crippen molar-refractivity contribution in [3.05, 3.63) is 29.8 Å². The second-order valence-corrected chi connectivity index (χ2v) is 4.62. The highest BCUT2D eigenvalue weighted by molar-refractivity contribution is 5.91. The van der Waals surface area contributed by atoms with Crippen molar-refractivity contribution in [1.82, 2.24) is 4.90 Å². The summed E-state index contributed by atoms with van der Waals surface area (Å²) >= 11 is 0. The van der Waals surface area contributed by atoms with Gasteiger partial charge in [0.2, 0.25) is 0 Å². The average molecular weight is 304 g/mol. The van der Waals surface area contributed by atoms with Crippen molar-refractivity contribution in [2.75, 3.05) is 11.9 Å². The molecule has 0 aliphatic rings. The van der Waals surface area contributed by atoms with E-state index < -0.39 is 36.3 Å². The van der Waals surface area contributed by atoms with E-state index in [4.69, 9.17) is 5.11 Å². The number of carboxylic acid groups (broad SMARTS) is 1. The number of urea groups is 1. The molecule has 0 aliphatic carbocycles. The summed E-state index contributed by atoms with van der Waals surface area (Å²) in [6, 6.07) is 2.95. The number of aliphatic carboxylic acids is 1. The summed E-state index contributed by atoms with van der Waals surface area (Å²) < 4.78 is 37.7. The van der Waals surface area contributed by atoms with Gasteiger partial charge in [-0.15, -0.1) is 0 Å². The number of anilines is 1. The van der Waals surface area contributed by atoms with Gasteiger partial charge in [-0.3, -0.25) is 4.79 Å². The van der Waals surface area contributed by atoms with Crippen molar-refractivity contribution in [2.45, 2.75) is 26.1 Å². The van der Waals surface area contributed by atoms with Gasteiger partial charge in [0.05, 0.1) is 5.56 Å². The highest BCUT2D eigenvalue weighted by atomic mass is 19.4. The lowest BCUT2D eigenvalue weighted by molar-refractivity contribution is -0.138. The van der Waals surface area contributed by atoms with Gasteiger partial charge < -0.3 is 15.3 Å². The van der Waals surface area contributed by atoms with Crippen LogP contribution in [0.2, 0.25) is 0 Å². The molecule has 0 radical (unpaired) electrons. The van der Waals surface area contributed by atoms with Crippen molar-refractivity contribution >= 4 is 17.7 Å². The smallest absolute Gasteiger partial charge is 0.416 e. The Hall–Kier alpha value is -2.25. The Morgan fingerprint density at radius 2 is 1.95 bits per heavy atom. The second-order valence-electron chi connectivity index (χ2n) is 4.62. The van der Waals surface area contributed by atoms with Crippen LogP contribution in [0.3, 0.4) is 0 Å². The van der Waals surface area contributed by atoms with Crippen LogP contribution >= 0.6 is 0 Å². The molecule has 116 valence electrons. The van der Waals surface area contributed by atoms with Gasteiger partial charge >= 0.3 is 18.2 Å². The third kappa shape index (κ3) is 4.97. The van der Waals surface area contributed by atoms with Crippen LogP contribution in [0.1, 0.15) is 19.4 Å². The van der Waals surface area contributed by atoms with Gasteiger partial charge in [0.15, 0.2) is 0 Å². The van der Waals surface area contributed by atoms with Crippen LogP contribution in [0.5, 0.6) is 0 Å². The van der Waals surface area contributed by atoms with Crippen molar-refractivity contribution in [3.63, 3.8) is 0 Å². The quantitative estimate of drug-likeness (QED) is 0.898. The third-order valence-corrected chi connectivity index (χ3v) is 2.63. The molecule has 1 aromatic carbocycles. The Kier molecular flexibility index (Phi) is 5.17. The number of carboxylic acids is 1. The Morgan fingerprint density at radius 1 is 1.33 bits per heavy atom. The van der Waals surface area contributed by atoms with Gasteiger partial charge in [-0.1, -0.05) is 6.07 Å². The van der Waals surface area contributed by atoms with Crippen molar-refractivity contribution < 1.29 is 27.9 Å². The zero-order valence-corrected chi connectivity index (χ0v) is 11.4. The van der Waals surface area contributed by atoms with Crippen LogP contribution in [-0.4, -0.2) is 34.6 Å². The minimum atomic E-state index is -4.51. The Morgan fingerprint density at radius 3 is 2.43 bits per heavy atom. The maximum absolute atomic E-state index is 12.6. The zero-order valence-electron chi connectivity index (χ0n) is 11.4. The molecular formula is C13H15F3N2O3. The number of carbonyl (C=O) groups excluding carboxylic acids is 1. The minimum absolute atomic E-state index is 0.0501. The van der Waals surface area contributed by atoms with Gasteiger partial charge in [-0.25, -0.2) is 4.79 Å². The molecule has 0 saturated heterocycles. The van der Waals surface area contributed by atoms with Crippen LogP contribution in [-0.2, 0) is 11.0 Å². The molecule has 21 heavy (non-hydrogen) atoms. The molecule has 2 N–H and O–H groups in total.